The number of hydrogen-bond acceptors (Lipinski definition) is 7. The first-order chi connectivity index (χ1) is 23.7. The molecule has 8 heteroatoms. The number of carbonyl (C=O) groups excluding carboxylic acids is 2. The van der Waals surface area contributed by atoms with E-state index in [0.29, 0.717) is 48.1 Å². The molecule has 0 fully saturated rings. The zero-order valence-electron chi connectivity index (χ0n) is 28.0. The SMILES string of the molecule is CCCCCC=CC(=O)CCc1ccc(O)c(OCCc2ccc(O)c(C3CC(=O)c4cc[nH]c4CC#Cc4cc(C(N)N)ccc43)c2)c1. The number of carbonyl (C=O) groups is 2. The van der Waals surface area contributed by atoms with Gasteiger partial charge in [0.2, 0.25) is 0 Å². The predicted octanol–water partition coefficient (Wildman–Crippen LogP) is 6.91. The monoisotopic (exact) mass is 659 g/mol. The molecule has 0 saturated carbocycles. The molecule has 0 saturated heterocycles. The first kappa shape index (κ1) is 35.2. The molecule has 0 aliphatic heterocycles. The van der Waals surface area contributed by atoms with Gasteiger partial charge in [0, 0.05) is 53.8 Å². The number of phenols is 2. The fraction of sp³-hybridized carbons (Fsp3) is 0.317. The Labute approximate surface area is 288 Å². The number of ketones is 2. The van der Waals surface area contributed by atoms with Crippen LogP contribution in [0.3, 0.4) is 0 Å². The zero-order valence-corrected chi connectivity index (χ0v) is 28.0. The van der Waals surface area contributed by atoms with Crippen LogP contribution in [0.15, 0.2) is 79.0 Å². The number of nitrogens with one attached hydrogen (secondary N) is 1. The second kappa shape index (κ2) is 16.8. The highest BCUT2D eigenvalue weighted by Crippen LogP contribution is 2.38. The van der Waals surface area contributed by atoms with Crippen molar-refractivity contribution in [1.82, 2.24) is 4.98 Å². The van der Waals surface area contributed by atoms with Gasteiger partial charge in [0.05, 0.1) is 19.2 Å². The number of hydrogen-bond donors (Lipinski definition) is 5. The number of aromatic hydroxyl groups is 2. The number of H-pyrrole nitrogens is 1. The highest BCUT2D eigenvalue weighted by Gasteiger charge is 2.27. The number of unbranched alkanes of at least 4 members (excludes halogenated alkanes) is 3. The van der Waals surface area contributed by atoms with E-state index < -0.39 is 12.1 Å². The molecule has 7 N–H and O–H groups in total. The summed E-state index contributed by atoms with van der Waals surface area (Å²) >= 11 is 0. The average Bonchev–Trinajstić information content (AvgIpc) is 3.57. The molecule has 8 nitrogen and oxygen atoms in total. The van der Waals surface area contributed by atoms with E-state index in [9.17, 15) is 19.8 Å². The van der Waals surface area contributed by atoms with E-state index in [1.807, 2.05) is 36.4 Å². The van der Waals surface area contributed by atoms with E-state index in [-0.39, 0.29) is 36.1 Å². The van der Waals surface area contributed by atoms with Gasteiger partial charge in [-0.25, -0.2) is 0 Å². The smallest absolute Gasteiger partial charge is 0.165 e. The molecule has 1 unspecified atom stereocenters. The minimum Gasteiger partial charge on any atom is -0.508 e. The maximum absolute atomic E-state index is 13.6. The van der Waals surface area contributed by atoms with Gasteiger partial charge in [-0.1, -0.05) is 68.0 Å². The van der Waals surface area contributed by atoms with Crippen molar-refractivity contribution in [1.29, 1.82) is 0 Å². The molecule has 254 valence electrons. The van der Waals surface area contributed by atoms with E-state index in [2.05, 4.69) is 23.7 Å². The predicted molar refractivity (Wildman–Crippen MR) is 192 cm³/mol. The van der Waals surface area contributed by atoms with Crippen molar-refractivity contribution in [2.45, 2.75) is 76.8 Å². The number of aromatic nitrogens is 1. The summed E-state index contributed by atoms with van der Waals surface area (Å²) < 4.78 is 6.00. The average molecular weight is 660 g/mol. The first-order valence-electron chi connectivity index (χ1n) is 17.0. The van der Waals surface area contributed by atoms with E-state index in [1.54, 1.807) is 42.6 Å². The minimum atomic E-state index is -0.681. The third-order valence-corrected chi connectivity index (χ3v) is 8.93. The van der Waals surface area contributed by atoms with Crippen LogP contribution in [-0.4, -0.2) is 33.4 Å². The van der Waals surface area contributed by atoms with Crippen LogP contribution in [0.2, 0.25) is 0 Å². The molecule has 49 heavy (non-hydrogen) atoms. The van der Waals surface area contributed by atoms with Crippen LogP contribution >= 0.6 is 0 Å². The van der Waals surface area contributed by atoms with Gasteiger partial charge >= 0.3 is 0 Å². The number of fused-ring (bicyclic) bond motifs is 2. The molecular weight excluding hydrogens is 614 g/mol. The quantitative estimate of drug-likeness (QED) is 0.0427. The van der Waals surface area contributed by atoms with Gasteiger partial charge in [0.15, 0.2) is 23.1 Å². The molecule has 5 rings (SSSR count). The molecule has 1 aromatic heterocycles. The molecule has 1 aliphatic rings. The van der Waals surface area contributed by atoms with Gasteiger partial charge in [0.1, 0.15) is 5.75 Å². The summed E-state index contributed by atoms with van der Waals surface area (Å²) in [7, 11) is 0. The Morgan fingerprint density at radius 3 is 2.59 bits per heavy atom. The Morgan fingerprint density at radius 2 is 1.80 bits per heavy atom. The molecule has 3 aromatic carbocycles. The summed E-state index contributed by atoms with van der Waals surface area (Å²) in [4.78, 5) is 29.1. The maximum Gasteiger partial charge on any atom is 0.165 e. The van der Waals surface area contributed by atoms with Gasteiger partial charge in [-0.05, 0) is 77.9 Å². The van der Waals surface area contributed by atoms with Gasteiger partial charge < -0.3 is 31.4 Å². The Morgan fingerprint density at radius 1 is 1.00 bits per heavy atom. The summed E-state index contributed by atoms with van der Waals surface area (Å²) in [6.07, 6.45) is 10.9. The summed E-state index contributed by atoms with van der Waals surface area (Å²) in [5.74, 6) is 6.43. The zero-order chi connectivity index (χ0) is 34.8. The molecule has 1 heterocycles. The van der Waals surface area contributed by atoms with Crippen LogP contribution < -0.4 is 16.2 Å². The summed E-state index contributed by atoms with van der Waals surface area (Å²) in [6.45, 7) is 2.42. The standard InChI is InChI=1S/C41H45N3O5/c1-2-3-4-5-6-9-31(45)15-11-27-13-18-38(47)40(24-27)49-22-20-28-12-17-37(46)35(23-28)34-26-39(48)33-19-21-44-36(33)10-7-8-29-25-30(41(42)43)14-16-32(29)34/h6,9,12-14,16-19,21,23-25,34,41,44,46-47H,2-5,10-11,15,20,22,26,42-43H2,1H3. The lowest BCUT2D eigenvalue weighted by molar-refractivity contribution is -0.114. The molecule has 1 aliphatic carbocycles. The number of Topliss-reactive ketones (excluding diaryl/α,β-unsaturated/α-hetero) is 1. The summed E-state index contributed by atoms with van der Waals surface area (Å²) in [5.41, 5.74) is 17.9. The van der Waals surface area contributed by atoms with Crippen molar-refractivity contribution in [2.24, 2.45) is 11.5 Å². The maximum atomic E-state index is 13.6. The van der Waals surface area contributed by atoms with Gasteiger partial charge in [-0.2, -0.15) is 0 Å². The normalized spacial score (nSPS) is 14.3. The molecule has 0 spiro atoms. The number of ether oxygens (including phenoxy) is 1. The summed E-state index contributed by atoms with van der Waals surface area (Å²) in [5, 5.41) is 21.6. The third-order valence-electron chi connectivity index (χ3n) is 8.93. The van der Waals surface area contributed by atoms with Crippen LogP contribution in [0.5, 0.6) is 17.2 Å². The van der Waals surface area contributed by atoms with Crippen LogP contribution in [0.25, 0.3) is 0 Å². The highest BCUT2D eigenvalue weighted by molar-refractivity contribution is 5.98. The van der Waals surface area contributed by atoms with Crippen LogP contribution in [0, 0.1) is 11.8 Å². The Balaban J connectivity index is 1.32. The molecule has 0 bridgehead atoms. The molecule has 0 amide bonds. The fourth-order valence-corrected chi connectivity index (χ4v) is 6.14. The Hall–Kier alpha value is -5.10. The van der Waals surface area contributed by atoms with Gasteiger partial charge in [-0.15, -0.1) is 0 Å². The van der Waals surface area contributed by atoms with Crippen molar-refractivity contribution in [3.8, 4) is 29.1 Å². The molecule has 4 aromatic rings. The Kier molecular flexibility index (Phi) is 12.1. The van der Waals surface area contributed by atoms with E-state index in [4.69, 9.17) is 16.2 Å². The minimum absolute atomic E-state index is 0.0238. The number of aryl methyl sites for hydroxylation is 1. The first-order valence-corrected chi connectivity index (χ1v) is 17.0. The number of phenolic OH excluding ortho intramolecular Hbond substituents is 2. The second-order valence-electron chi connectivity index (χ2n) is 12.6. The van der Waals surface area contributed by atoms with Crippen LogP contribution in [0.4, 0.5) is 0 Å². The van der Waals surface area contributed by atoms with Gasteiger partial charge in [0.25, 0.3) is 0 Å². The number of rotatable bonds is 14. The topological polar surface area (TPSA) is 152 Å². The highest BCUT2D eigenvalue weighted by atomic mass is 16.5. The number of allylic oxidation sites excluding steroid dienone is 2. The molecule has 1 atom stereocenters. The molecule has 0 radical (unpaired) electrons. The summed E-state index contributed by atoms with van der Waals surface area (Å²) in [6, 6.07) is 17.9. The fourth-order valence-electron chi connectivity index (χ4n) is 6.14. The largest absolute Gasteiger partial charge is 0.508 e. The number of benzene rings is 3. The van der Waals surface area contributed by atoms with Gasteiger partial charge in [-0.3, -0.25) is 9.59 Å². The van der Waals surface area contributed by atoms with E-state index >= 15 is 0 Å². The third kappa shape index (κ3) is 9.29. The van der Waals surface area contributed by atoms with Crippen molar-refractivity contribution in [3.63, 3.8) is 0 Å². The molecular formula is C41H45N3O5. The lowest BCUT2D eigenvalue weighted by Gasteiger charge is -2.22. The van der Waals surface area contributed by atoms with E-state index in [0.717, 1.165) is 53.6 Å². The van der Waals surface area contributed by atoms with Crippen molar-refractivity contribution >= 4 is 11.6 Å². The van der Waals surface area contributed by atoms with Crippen LogP contribution in [0.1, 0.15) is 107 Å². The van der Waals surface area contributed by atoms with Crippen molar-refractivity contribution < 1.29 is 24.5 Å². The number of nitrogens with two attached hydrogens (primary N) is 2. The van der Waals surface area contributed by atoms with Crippen LogP contribution in [-0.2, 0) is 24.1 Å². The van der Waals surface area contributed by atoms with E-state index in [1.165, 1.54) is 0 Å². The lowest BCUT2D eigenvalue weighted by atomic mass is 9.81. The number of aromatic amines is 1. The Bertz CT molecular complexity index is 1880. The van der Waals surface area contributed by atoms with Crippen molar-refractivity contribution in [2.75, 3.05) is 6.61 Å². The lowest BCUT2D eigenvalue weighted by Crippen LogP contribution is -2.20. The van der Waals surface area contributed by atoms with Crippen molar-refractivity contribution in [3.05, 3.63) is 124 Å². The second-order valence-corrected chi connectivity index (χ2v) is 12.6.